The highest BCUT2D eigenvalue weighted by atomic mass is 16.5. The van der Waals surface area contributed by atoms with E-state index in [4.69, 9.17) is 25.2 Å². The molecule has 0 heterocycles. The number of ether oxygens (including phenoxy) is 3. The molecule has 0 saturated heterocycles. The third-order valence-corrected chi connectivity index (χ3v) is 2.33. The van der Waals surface area contributed by atoms with Crippen LogP contribution in [-0.2, 0) is 0 Å². The average molecular weight is 254 g/mol. The lowest BCUT2D eigenvalue weighted by molar-refractivity contribution is 0.271. The van der Waals surface area contributed by atoms with Gasteiger partial charge >= 0.3 is 0 Å². The van der Waals surface area contributed by atoms with Gasteiger partial charge in [-0.15, -0.1) is 0 Å². The first kappa shape index (κ1) is 14.0. The summed E-state index contributed by atoms with van der Waals surface area (Å²) < 4.78 is 16.0. The molecule has 0 radical (unpaired) electrons. The molecule has 0 amide bonds. The summed E-state index contributed by atoms with van der Waals surface area (Å²) in [6.07, 6.45) is 1.10. The van der Waals surface area contributed by atoms with Gasteiger partial charge in [0.1, 0.15) is 5.84 Å². The summed E-state index contributed by atoms with van der Waals surface area (Å²) in [4.78, 5) is 0. The number of methoxy groups -OCH3 is 2. The summed E-state index contributed by atoms with van der Waals surface area (Å²) in [6.45, 7) is 0.424. The van der Waals surface area contributed by atoms with Gasteiger partial charge in [0.2, 0.25) is 5.75 Å². The Balaban J connectivity index is 2.60. The number of nitrogens with zero attached hydrogens (tertiary/aromatic N) is 1. The van der Waals surface area contributed by atoms with Gasteiger partial charge in [0.05, 0.1) is 20.8 Å². The van der Waals surface area contributed by atoms with Crippen molar-refractivity contribution in [1.82, 2.24) is 0 Å². The summed E-state index contributed by atoms with van der Waals surface area (Å²) >= 11 is 0. The second-order valence-corrected chi connectivity index (χ2v) is 3.54. The van der Waals surface area contributed by atoms with E-state index in [0.717, 1.165) is 0 Å². The molecule has 0 unspecified atom stereocenters. The van der Waals surface area contributed by atoms with Gasteiger partial charge in [0.25, 0.3) is 0 Å². The van der Waals surface area contributed by atoms with E-state index in [1.165, 1.54) is 0 Å². The highest BCUT2D eigenvalue weighted by Crippen LogP contribution is 2.36. The van der Waals surface area contributed by atoms with Crippen molar-refractivity contribution >= 4 is 5.84 Å². The second-order valence-electron chi connectivity index (χ2n) is 3.54. The van der Waals surface area contributed by atoms with E-state index in [0.29, 0.717) is 36.7 Å². The SMILES string of the molecule is COc1cccc(OC)c1OCCC/C(N)=N/O. The Bertz CT molecular complexity index is 385. The lowest BCUT2D eigenvalue weighted by Crippen LogP contribution is -2.13. The van der Waals surface area contributed by atoms with Crippen LogP contribution in [0.15, 0.2) is 23.4 Å². The molecule has 0 aliphatic carbocycles. The summed E-state index contributed by atoms with van der Waals surface area (Å²) in [7, 11) is 3.13. The Morgan fingerprint density at radius 3 is 2.39 bits per heavy atom. The number of para-hydroxylation sites is 1. The number of benzene rings is 1. The average Bonchev–Trinajstić information content (AvgIpc) is 2.42. The number of amidine groups is 1. The largest absolute Gasteiger partial charge is 0.493 e. The number of oxime groups is 1. The van der Waals surface area contributed by atoms with Crippen LogP contribution in [0.3, 0.4) is 0 Å². The van der Waals surface area contributed by atoms with E-state index in [1.807, 2.05) is 6.07 Å². The van der Waals surface area contributed by atoms with Crippen molar-refractivity contribution < 1.29 is 19.4 Å². The molecule has 0 aliphatic heterocycles. The minimum atomic E-state index is 0.186. The highest BCUT2D eigenvalue weighted by Gasteiger charge is 2.10. The second kappa shape index (κ2) is 7.26. The van der Waals surface area contributed by atoms with Crippen LogP contribution in [0.1, 0.15) is 12.8 Å². The Kier molecular flexibility index (Phi) is 5.63. The zero-order chi connectivity index (χ0) is 13.4. The first-order valence-electron chi connectivity index (χ1n) is 5.53. The Morgan fingerprint density at radius 1 is 1.28 bits per heavy atom. The normalized spacial score (nSPS) is 11.1. The molecule has 0 aromatic heterocycles. The van der Waals surface area contributed by atoms with Crippen LogP contribution in [0.4, 0.5) is 0 Å². The smallest absolute Gasteiger partial charge is 0.203 e. The molecule has 1 aromatic carbocycles. The summed E-state index contributed by atoms with van der Waals surface area (Å²) in [5.41, 5.74) is 5.36. The van der Waals surface area contributed by atoms with Crippen LogP contribution in [0.25, 0.3) is 0 Å². The van der Waals surface area contributed by atoms with Crippen molar-refractivity contribution in [3.05, 3.63) is 18.2 Å². The van der Waals surface area contributed by atoms with E-state index in [-0.39, 0.29) is 5.84 Å². The minimum Gasteiger partial charge on any atom is -0.493 e. The fourth-order valence-electron chi connectivity index (χ4n) is 1.44. The van der Waals surface area contributed by atoms with E-state index < -0.39 is 0 Å². The van der Waals surface area contributed by atoms with E-state index in [1.54, 1.807) is 26.4 Å². The quantitative estimate of drug-likeness (QED) is 0.254. The molecule has 1 rings (SSSR count). The van der Waals surface area contributed by atoms with Crippen LogP contribution < -0.4 is 19.9 Å². The van der Waals surface area contributed by atoms with Crippen LogP contribution >= 0.6 is 0 Å². The molecule has 0 saturated carbocycles. The monoisotopic (exact) mass is 254 g/mol. The van der Waals surface area contributed by atoms with Crippen molar-refractivity contribution in [3.8, 4) is 17.2 Å². The number of hydrogen-bond acceptors (Lipinski definition) is 5. The molecule has 0 bridgehead atoms. The number of hydrogen-bond donors (Lipinski definition) is 2. The summed E-state index contributed by atoms with van der Waals surface area (Å²) in [6, 6.07) is 5.41. The Hall–Kier alpha value is -2.11. The van der Waals surface area contributed by atoms with Gasteiger partial charge in [-0.1, -0.05) is 11.2 Å². The molecular formula is C12H18N2O4. The Labute approximate surface area is 106 Å². The van der Waals surface area contributed by atoms with Crippen LogP contribution in [0.5, 0.6) is 17.2 Å². The van der Waals surface area contributed by atoms with E-state index >= 15 is 0 Å². The molecule has 100 valence electrons. The van der Waals surface area contributed by atoms with Gasteiger partial charge in [-0.05, 0) is 18.6 Å². The minimum absolute atomic E-state index is 0.186. The highest BCUT2D eigenvalue weighted by molar-refractivity contribution is 5.79. The van der Waals surface area contributed by atoms with Crippen molar-refractivity contribution in [1.29, 1.82) is 0 Å². The maximum absolute atomic E-state index is 8.40. The van der Waals surface area contributed by atoms with Gasteiger partial charge in [-0.3, -0.25) is 0 Å². The first-order chi connectivity index (χ1) is 8.72. The van der Waals surface area contributed by atoms with Crippen molar-refractivity contribution in [3.63, 3.8) is 0 Å². The molecule has 0 atom stereocenters. The van der Waals surface area contributed by atoms with Crippen LogP contribution in [0.2, 0.25) is 0 Å². The molecule has 18 heavy (non-hydrogen) atoms. The molecule has 6 heteroatoms. The molecule has 1 aromatic rings. The lowest BCUT2D eigenvalue weighted by atomic mass is 10.3. The van der Waals surface area contributed by atoms with E-state index in [2.05, 4.69) is 5.16 Å². The molecule has 6 nitrogen and oxygen atoms in total. The van der Waals surface area contributed by atoms with Crippen LogP contribution in [-0.4, -0.2) is 31.9 Å². The predicted molar refractivity (Wildman–Crippen MR) is 67.7 cm³/mol. The van der Waals surface area contributed by atoms with Gasteiger partial charge in [0.15, 0.2) is 11.5 Å². The maximum Gasteiger partial charge on any atom is 0.203 e. The van der Waals surface area contributed by atoms with Crippen molar-refractivity contribution in [2.24, 2.45) is 10.9 Å². The van der Waals surface area contributed by atoms with Crippen LogP contribution in [0, 0.1) is 0 Å². The number of nitrogens with two attached hydrogens (primary N) is 1. The van der Waals surface area contributed by atoms with Gasteiger partial charge in [0, 0.05) is 6.42 Å². The third kappa shape index (κ3) is 3.73. The van der Waals surface area contributed by atoms with Gasteiger partial charge in [-0.2, -0.15) is 0 Å². The van der Waals surface area contributed by atoms with Crippen molar-refractivity contribution in [2.45, 2.75) is 12.8 Å². The van der Waals surface area contributed by atoms with Gasteiger partial charge < -0.3 is 25.2 Å². The molecule has 0 aliphatic rings. The maximum atomic E-state index is 8.40. The zero-order valence-electron chi connectivity index (χ0n) is 10.5. The van der Waals surface area contributed by atoms with Gasteiger partial charge in [-0.25, -0.2) is 0 Å². The zero-order valence-corrected chi connectivity index (χ0v) is 10.5. The Morgan fingerprint density at radius 2 is 1.89 bits per heavy atom. The molecule has 0 spiro atoms. The topological polar surface area (TPSA) is 86.3 Å². The first-order valence-corrected chi connectivity index (χ1v) is 5.53. The molecule has 0 fully saturated rings. The molecule has 3 N–H and O–H groups in total. The molecular weight excluding hydrogens is 236 g/mol. The summed E-state index contributed by atoms with van der Waals surface area (Å²) in [5.74, 6) is 1.96. The fraction of sp³-hybridized carbons (Fsp3) is 0.417. The van der Waals surface area contributed by atoms with Crippen molar-refractivity contribution in [2.75, 3.05) is 20.8 Å². The predicted octanol–water partition coefficient (Wildman–Crippen LogP) is 1.61. The standard InChI is InChI=1S/C12H18N2O4/c1-16-9-5-3-6-10(17-2)12(9)18-8-4-7-11(13)14-15/h3,5-6,15H,4,7-8H2,1-2H3,(H2,13,14). The third-order valence-electron chi connectivity index (χ3n) is 2.33. The summed E-state index contributed by atoms with van der Waals surface area (Å²) in [5, 5.41) is 11.3. The lowest BCUT2D eigenvalue weighted by Gasteiger charge is -2.13. The van der Waals surface area contributed by atoms with E-state index in [9.17, 15) is 0 Å². The number of rotatable bonds is 7. The fourth-order valence-corrected chi connectivity index (χ4v) is 1.44.